The third-order valence-electron chi connectivity index (χ3n) is 4.90. The summed E-state index contributed by atoms with van der Waals surface area (Å²) in [6, 6.07) is 5.72. The molecule has 2 atom stereocenters. The van der Waals surface area contributed by atoms with Crippen molar-refractivity contribution in [3.8, 4) is 11.5 Å². The number of methoxy groups -OCH3 is 2. The van der Waals surface area contributed by atoms with Gasteiger partial charge in [0.1, 0.15) is 17.3 Å². The van der Waals surface area contributed by atoms with Gasteiger partial charge >= 0.3 is 0 Å². The molecule has 1 fully saturated rings. The van der Waals surface area contributed by atoms with E-state index in [2.05, 4.69) is 5.16 Å². The van der Waals surface area contributed by atoms with Gasteiger partial charge in [-0.1, -0.05) is 5.16 Å². The Bertz CT molecular complexity index is 764. The van der Waals surface area contributed by atoms with E-state index in [-0.39, 0.29) is 17.7 Å². The van der Waals surface area contributed by atoms with E-state index >= 15 is 0 Å². The Balaban J connectivity index is 1.72. The molecular formula is C19H24N2O4. The fourth-order valence-electron chi connectivity index (χ4n) is 3.27. The van der Waals surface area contributed by atoms with Crippen LogP contribution >= 0.6 is 0 Å². The Labute approximate surface area is 147 Å². The maximum Gasteiger partial charge on any atom is 0.226 e. The molecule has 2 aromatic rings. The van der Waals surface area contributed by atoms with E-state index < -0.39 is 0 Å². The van der Waals surface area contributed by atoms with Crippen molar-refractivity contribution in [2.75, 3.05) is 21.3 Å². The van der Waals surface area contributed by atoms with Crippen LogP contribution in [0.4, 0.5) is 0 Å². The van der Waals surface area contributed by atoms with E-state index in [4.69, 9.17) is 14.0 Å². The summed E-state index contributed by atoms with van der Waals surface area (Å²) in [7, 11) is 5.11. The summed E-state index contributed by atoms with van der Waals surface area (Å²) in [6.45, 7) is 4.28. The van der Waals surface area contributed by atoms with Crippen LogP contribution in [0.5, 0.6) is 11.5 Å². The molecule has 0 saturated heterocycles. The molecular weight excluding hydrogens is 320 g/mol. The molecule has 1 heterocycles. The van der Waals surface area contributed by atoms with Crippen molar-refractivity contribution in [2.45, 2.75) is 32.7 Å². The van der Waals surface area contributed by atoms with Gasteiger partial charge in [-0.3, -0.25) is 4.79 Å². The minimum Gasteiger partial charge on any atom is -0.497 e. The molecule has 0 unspecified atom stereocenters. The Morgan fingerprint density at radius 3 is 2.68 bits per heavy atom. The van der Waals surface area contributed by atoms with Gasteiger partial charge in [-0.25, -0.2) is 0 Å². The largest absolute Gasteiger partial charge is 0.497 e. The second-order valence-electron chi connectivity index (χ2n) is 6.55. The van der Waals surface area contributed by atoms with Gasteiger partial charge in [-0.05, 0) is 38.5 Å². The highest BCUT2D eigenvalue weighted by Crippen LogP contribution is 2.52. The second kappa shape index (κ2) is 6.78. The van der Waals surface area contributed by atoms with Crippen LogP contribution in [0.25, 0.3) is 0 Å². The molecule has 1 aromatic heterocycles. The number of benzene rings is 1. The maximum absolute atomic E-state index is 12.8. The van der Waals surface area contributed by atoms with E-state index in [1.165, 1.54) is 0 Å². The quantitative estimate of drug-likeness (QED) is 0.806. The van der Waals surface area contributed by atoms with E-state index in [1.807, 2.05) is 39.1 Å². The lowest BCUT2D eigenvalue weighted by Crippen LogP contribution is -2.28. The summed E-state index contributed by atoms with van der Waals surface area (Å²) in [5.74, 6) is 2.62. The highest BCUT2D eigenvalue weighted by molar-refractivity contribution is 5.83. The minimum absolute atomic E-state index is 0.0218. The minimum atomic E-state index is -0.0218. The van der Waals surface area contributed by atoms with Crippen molar-refractivity contribution in [3.05, 3.63) is 40.8 Å². The fraction of sp³-hybridized carbons (Fsp3) is 0.474. The first-order valence-electron chi connectivity index (χ1n) is 8.34. The fourth-order valence-corrected chi connectivity index (χ4v) is 3.27. The number of hydrogen-bond acceptors (Lipinski definition) is 5. The smallest absolute Gasteiger partial charge is 0.226 e. The number of nitrogens with zero attached hydrogens (tertiary/aromatic N) is 2. The maximum atomic E-state index is 12.8. The molecule has 0 bridgehead atoms. The molecule has 6 nitrogen and oxygen atoms in total. The average Bonchev–Trinajstić information content (AvgIpc) is 3.36. The number of amides is 1. The molecule has 134 valence electrons. The topological polar surface area (TPSA) is 64.8 Å². The Morgan fingerprint density at radius 2 is 2.08 bits per heavy atom. The molecule has 0 aliphatic heterocycles. The third kappa shape index (κ3) is 3.34. The summed E-state index contributed by atoms with van der Waals surface area (Å²) in [4.78, 5) is 14.5. The molecule has 0 spiro atoms. The number of carbonyl (C=O) groups excluding carboxylic acids is 1. The predicted molar refractivity (Wildman–Crippen MR) is 92.8 cm³/mol. The van der Waals surface area contributed by atoms with Crippen molar-refractivity contribution in [1.82, 2.24) is 10.1 Å². The SMILES string of the molecule is COc1ccc(OC)c([C@H]2C[C@@H]2C(=O)N(C)Cc2c(C)noc2C)c1. The van der Waals surface area contributed by atoms with Gasteiger partial charge in [0.25, 0.3) is 0 Å². The lowest BCUT2D eigenvalue weighted by atomic mass is 10.1. The summed E-state index contributed by atoms with van der Waals surface area (Å²) in [5.41, 5.74) is 2.84. The first kappa shape index (κ1) is 17.3. The second-order valence-corrected chi connectivity index (χ2v) is 6.55. The molecule has 1 amide bonds. The highest BCUT2D eigenvalue weighted by Gasteiger charge is 2.46. The third-order valence-corrected chi connectivity index (χ3v) is 4.90. The van der Waals surface area contributed by atoms with Gasteiger partial charge in [0.05, 0.1) is 26.5 Å². The van der Waals surface area contributed by atoms with Gasteiger partial charge in [0.15, 0.2) is 0 Å². The molecule has 0 radical (unpaired) electrons. The van der Waals surface area contributed by atoms with Crippen molar-refractivity contribution in [2.24, 2.45) is 5.92 Å². The molecule has 1 saturated carbocycles. The Kier molecular flexibility index (Phi) is 4.70. The normalized spacial score (nSPS) is 18.8. The van der Waals surface area contributed by atoms with Crippen LogP contribution in [0.15, 0.2) is 22.7 Å². The Morgan fingerprint density at radius 1 is 1.32 bits per heavy atom. The first-order valence-corrected chi connectivity index (χ1v) is 8.34. The van der Waals surface area contributed by atoms with Crippen LogP contribution in [-0.4, -0.2) is 37.2 Å². The van der Waals surface area contributed by atoms with Crippen LogP contribution in [0, 0.1) is 19.8 Å². The monoisotopic (exact) mass is 344 g/mol. The van der Waals surface area contributed by atoms with E-state index in [0.29, 0.717) is 6.54 Å². The highest BCUT2D eigenvalue weighted by atomic mass is 16.5. The summed E-state index contributed by atoms with van der Waals surface area (Å²) >= 11 is 0. The average molecular weight is 344 g/mol. The lowest BCUT2D eigenvalue weighted by molar-refractivity contribution is -0.131. The number of hydrogen-bond donors (Lipinski definition) is 0. The molecule has 1 aromatic carbocycles. The number of rotatable bonds is 6. The van der Waals surface area contributed by atoms with Crippen LogP contribution in [0.2, 0.25) is 0 Å². The van der Waals surface area contributed by atoms with Gasteiger partial charge in [-0.2, -0.15) is 0 Å². The van der Waals surface area contributed by atoms with Gasteiger partial charge < -0.3 is 18.9 Å². The molecule has 1 aliphatic carbocycles. The molecule has 0 N–H and O–H groups in total. The van der Waals surface area contributed by atoms with Crippen LogP contribution < -0.4 is 9.47 Å². The zero-order chi connectivity index (χ0) is 18.1. The van der Waals surface area contributed by atoms with Gasteiger partial charge in [0, 0.05) is 30.0 Å². The molecule has 3 rings (SSSR count). The van der Waals surface area contributed by atoms with Crippen LogP contribution in [-0.2, 0) is 11.3 Å². The number of aryl methyl sites for hydroxylation is 2. The van der Waals surface area contributed by atoms with Gasteiger partial charge in [0.2, 0.25) is 5.91 Å². The van der Waals surface area contributed by atoms with E-state index in [9.17, 15) is 4.79 Å². The van der Waals surface area contributed by atoms with Crippen molar-refractivity contribution >= 4 is 5.91 Å². The molecule has 1 aliphatic rings. The van der Waals surface area contributed by atoms with Crippen molar-refractivity contribution in [1.29, 1.82) is 0 Å². The number of aromatic nitrogens is 1. The molecule has 6 heteroatoms. The number of carbonyl (C=O) groups is 1. The van der Waals surface area contributed by atoms with Gasteiger partial charge in [-0.15, -0.1) is 0 Å². The van der Waals surface area contributed by atoms with Crippen LogP contribution in [0.3, 0.4) is 0 Å². The van der Waals surface area contributed by atoms with Crippen molar-refractivity contribution < 1.29 is 18.8 Å². The standard InChI is InChI=1S/C19H24N2O4/c1-11-17(12(2)25-20-11)10-21(3)19(22)16-9-14(16)15-8-13(23-4)6-7-18(15)24-5/h6-8,14,16H,9-10H2,1-5H3/t14-,16+/m1/s1. The molecule has 25 heavy (non-hydrogen) atoms. The first-order chi connectivity index (χ1) is 12.0. The lowest BCUT2D eigenvalue weighted by Gasteiger charge is -2.17. The Hall–Kier alpha value is -2.50. The van der Waals surface area contributed by atoms with Crippen molar-refractivity contribution in [3.63, 3.8) is 0 Å². The van der Waals surface area contributed by atoms with Crippen LogP contribution in [0.1, 0.15) is 34.9 Å². The predicted octanol–water partition coefficient (Wildman–Crippen LogP) is 3.07. The zero-order valence-electron chi connectivity index (χ0n) is 15.3. The summed E-state index contributed by atoms with van der Waals surface area (Å²) in [5, 5.41) is 3.95. The number of ether oxygens (including phenoxy) is 2. The summed E-state index contributed by atoms with van der Waals surface area (Å²) in [6.07, 6.45) is 0.828. The summed E-state index contributed by atoms with van der Waals surface area (Å²) < 4.78 is 15.9. The van der Waals surface area contributed by atoms with E-state index in [0.717, 1.165) is 40.5 Å². The van der Waals surface area contributed by atoms with E-state index in [1.54, 1.807) is 19.1 Å². The zero-order valence-corrected chi connectivity index (χ0v) is 15.3.